The average molecular weight is 297 g/mol. The molecule has 0 radical (unpaired) electrons. The number of amides is 1. The highest BCUT2D eigenvalue weighted by atomic mass is 19.3. The van der Waals surface area contributed by atoms with Crippen molar-refractivity contribution in [3.05, 3.63) is 29.3 Å². The van der Waals surface area contributed by atoms with Crippen molar-refractivity contribution in [2.75, 3.05) is 25.1 Å². The maximum Gasteiger partial charge on any atom is 0.261 e. The molecule has 0 fully saturated rings. The van der Waals surface area contributed by atoms with Crippen molar-refractivity contribution in [3.63, 3.8) is 0 Å². The Morgan fingerprint density at radius 1 is 1.48 bits per heavy atom. The van der Waals surface area contributed by atoms with E-state index in [0.29, 0.717) is 11.3 Å². The molecule has 1 rings (SSSR count). The fourth-order valence-electron chi connectivity index (χ4n) is 1.56. The van der Waals surface area contributed by atoms with Gasteiger partial charge >= 0.3 is 0 Å². The predicted molar refractivity (Wildman–Crippen MR) is 75.2 cm³/mol. The molecule has 21 heavy (non-hydrogen) atoms. The van der Waals surface area contributed by atoms with Gasteiger partial charge in [0, 0.05) is 5.56 Å². The van der Waals surface area contributed by atoms with Crippen molar-refractivity contribution in [2.45, 2.75) is 19.8 Å². The van der Waals surface area contributed by atoms with E-state index in [2.05, 4.69) is 21.9 Å². The first-order valence-corrected chi connectivity index (χ1v) is 6.39. The highest BCUT2D eigenvalue weighted by Crippen LogP contribution is 2.16. The number of anilines is 1. The Morgan fingerprint density at radius 2 is 2.24 bits per heavy atom. The van der Waals surface area contributed by atoms with E-state index in [4.69, 9.17) is 5.11 Å². The van der Waals surface area contributed by atoms with Gasteiger partial charge in [-0.05, 0) is 24.6 Å². The molecule has 1 amide bonds. The second kappa shape index (κ2) is 9.06. The van der Waals surface area contributed by atoms with Crippen LogP contribution in [0.4, 0.5) is 14.5 Å². The van der Waals surface area contributed by atoms with E-state index < -0.39 is 13.0 Å². The lowest BCUT2D eigenvalue weighted by molar-refractivity contribution is -0.117. The van der Waals surface area contributed by atoms with Crippen LogP contribution in [0.25, 0.3) is 0 Å². The van der Waals surface area contributed by atoms with Crippen LogP contribution in [0.5, 0.6) is 0 Å². The van der Waals surface area contributed by atoms with Crippen molar-refractivity contribution >= 4 is 11.6 Å². The fraction of sp³-hybridized carbons (Fsp3) is 0.400. The van der Waals surface area contributed by atoms with Crippen molar-refractivity contribution < 1.29 is 23.4 Å². The maximum atomic E-state index is 11.9. The minimum Gasteiger partial charge on any atom is -0.384 e. The summed E-state index contributed by atoms with van der Waals surface area (Å²) in [4.78, 5) is 11.7. The molecule has 0 heterocycles. The third-order valence-electron chi connectivity index (χ3n) is 2.47. The summed E-state index contributed by atoms with van der Waals surface area (Å²) in [5.41, 5.74) is 2.07. The Kier molecular flexibility index (Phi) is 7.37. The summed E-state index contributed by atoms with van der Waals surface area (Å²) in [6.07, 6.45) is -2.56. The molecule has 0 unspecified atom stereocenters. The third-order valence-corrected chi connectivity index (χ3v) is 2.47. The van der Waals surface area contributed by atoms with Crippen LogP contribution in [-0.2, 0) is 9.53 Å². The molecule has 0 aromatic heterocycles. The number of rotatable bonds is 6. The molecular formula is C15H17F2NO3. The number of carbonyl (C=O) groups is 1. The van der Waals surface area contributed by atoms with Crippen LogP contribution in [0.1, 0.15) is 17.5 Å². The first kappa shape index (κ1) is 17.1. The van der Waals surface area contributed by atoms with Crippen molar-refractivity contribution in [1.29, 1.82) is 0 Å². The molecule has 0 saturated carbocycles. The molecule has 0 aliphatic rings. The summed E-state index contributed by atoms with van der Waals surface area (Å²) in [6, 6.07) is 5.30. The summed E-state index contributed by atoms with van der Waals surface area (Å²) >= 11 is 0. The second-order valence-electron chi connectivity index (χ2n) is 4.27. The standard InChI is InChI=1S/C15H17F2NO3/c1-11-4-5-13(12(9-11)3-2-7-19)18-15(20)6-8-21-10-14(16)17/h4-5,9,14,19H,6-8,10H2,1H3,(H,18,20). The van der Waals surface area contributed by atoms with Gasteiger partial charge in [0.1, 0.15) is 13.2 Å². The van der Waals surface area contributed by atoms with Crippen molar-refractivity contribution in [2.24, 2.45) is 0 Å². The largest absolute Gasteiger partial charge is 0.384 e. The Balaban J connectivity index is 2.59. The molecular weight excluding hydrogens is 280 g/mol. The number of aryl methyl sites for hydroxylation is 1. The zero-order valence-electron chi connectivity index (χ0n) is 11.7. The second-order valence-corrected chi connectivity index (χ2v) is 4.27. The van der Waals surface area contributed by atoms with Crippen LogP contribution >= 0.6 is 0 Å². The van der Waals surface area contributed by atoms with Gasteiger partial charge in [-0.25, -0.2) is 8.78 Å². The lowest BCUT2D eigenvalue weighted by atomic mass is 10.1. The highest BCUT2D eigenvalue weighted by molar-refractivity contribution is 5.92. The predicted octanol–water partition coefficient (Wildman–Crippen LogP) is 1.95. The number of aliphatic hydroxyl groups excluding tert-OH is 1. The number of aliphatic hydroxyl groups is 1. The van der Waals surface area contributed by atoms with Crippen LogP contribution in [0.15, 0.2) is 18.2 Å². The van der Waals surface area contributed by atoms with E-state index in [9.17, 15) is 13.6 Å². The Morgan fingerprint density at radius 3 is 2.90 bits per heavy atom. The Labute approximate surface area is 122 Å². The van der Waals surface area contributed by atoms with Gasteiger partial charge in [0.25, 0.3) is 6.43 Å². The number of hydrogen-bond donors (Lipinski definition) is 2. The molecule has 1 aromatic carbocycles. The minimum absolute atomic E-state index is 0.0204. The average Bonchev–Trinajstić information content (AvgIpc) is 2.43. The molecule has 0 bridgehead atoms. The van der Waals surface area contributed by atoms with Gasteiger partial charge in [-0.15, -0.1) is 0 Å². The number of carbonyl (C=O) groups excluding carboxylic acids is 1. The maximum absolute atomic E-state index is 11.9. The number of nitrogens with one attached hydrogen (secondary N) is 1. The number of alkyl halides is 2. The van der Waals surface area contributed by atoms with E-state index in [1.165, 1.54) is 0 Å². The van der Waals surface area contributed by atoms with Crippen LogP contribution < -0.4 is 5.32 Å². The molecule has 0 aliphatic carbocycles. The first-order valence-electron chi connectivity index (χ1n) is 6.39. The van der Waals surface area contributed by atoms with Crippen LogP contribution in [0, 0.1) is 18.8 Å². The Hall–Kier alpha value is -1.97. The van der Waals surface area contributed by atoms with Gasteiger partial charge in [-0.3, -0.25) is 4.79 Å². The summed E-state index contributed by atoms with van der Waals surface area (Å²) in [6.45, 7) is 0.863. The van der Waals surface area contributed by atoms with E-state index in [1.54, 1.807) is 12.1 Å². The summed E-state index contributed by atoms with van der Waals surface area (Å²) in [7, 11) is 0. The van der Waals surface area contributed by atoms with Gasteiger partial charge in [0.05, 0.1) is 18.7 Å². The van der Waals surface area contributed by atoms with Gasteiger partial charge in [-0.1, -0.05) is 17.9 Å². The highest BCUT2D eigenvalue weighted by Gasteiger charge is 2.07. The molecule has 1 aromatic rings. The van der Waals surface area contributed by atoms with Gasteiger partial charge in [0.2, 0.25) is 5.91 Å². The fourth-order valence-corrected chi connectivity index (χ4v) is 1.56. The van der Waals surface area contributed by atoms with Gasteiger partial charge in [0.15, 0.2) is 0 Å². The quantitative estimate of drug-likeness (QED) is 0.623. The topological polar surface area (TPSA) is 58.6 Å². The zero-order valence-corrected chi connectivity index (χ0v) is 11.7. The minimum atomic E-state index is -2.54. The van der Waals surface area contributed by atoms with Gasteiger partial charge in [-0.2, -0.15) is 0 Å². The number of halogens is 2. The van der Waals surface area contributed by atoms with E-state index in [0.717, 1.165) is 5.56 Å². The number of benzene rings is 1. The van der Waals surface area contributed by atoms with E-state index in [-0.39, 0.29) is 25.5 Å². The Bertz CT molecular complexity index is 535. The summed E-state index contributed by atoms with van der Waals surface area (Å²) in [5, 5.41) is 11.4. The number of hydrogen-bond acceptors (Lipinski definition) is 3. The molecule has 0 aliphatic heterocycles. The monoisotopic (exact) mass is 297 g/mol. The third kappa shape index (κ3) is 6.84. The molecule has 4 nitrogen and oxygen atoms in total. The lowest BCUT2D eigenvalue weighted by Gasteiger charge is -2.09. The van der Waals surface area contributed by atoms with Crippen molar-refractivity contribution in [1.82, 2.24) is 0 Å². The smallest absolute Gasteiger partial charge is 0.261 e. The molecule has 0 atom stereocenters. The molecule has 2 N–H and O–H groups in total. The van der Waals surface area contributed by atoms with Crippen LogP contribution in [-0.4, -0.2) is 37.3 Å². The van der Waals surface area contributed by atoms with E-state index in [1.807, 2.05) is 13.0 Å². The van der Waals surface area contributed by atoms with E-state index >= 15 is 0 Å². The van der Waals surface area contributed by atoms with Gasteiger partial charge < -0.3 is 15.2 Å². The molecule has 6 heteroatoms. The first-order chi connectivity index (χ1) is 10.0. The molecule has 0 saturated heterocycles. The molecule has 0 spiro atoms. The molecule has 114 valence electrons. The normalized spacial score (nSPS) is 10.1. The number of ether oxygens (including phenoxy) is 1. The lowest BCUT2D eigenvalue weighted by Crippen LogP contribution is -2.16. The van der Waals surface area contributed by atoms with Crippen LogP contribution in [0.3, 0.4) is 0 Å². The SMILES string of the molecule is Cc1ccc(NC(=O)CCOCC(F)F)c(C#CCO)c1. The van der Waals surface area contributed by atoms with Crippen LogP contribution in [0.2, 0.25) is 0 Å². The summed E-state index contributed by atoms with van der Waals surface area (Å²) < 4.78 is 28.4. The summed E-state index contributed by atoms with van der Waals surface area (Å²) in [5.74, 6) is 4.92. The van der Waals surface area contributed by atoms with Crippen molar-refractivity contribution in [3.8, 4) is 11.8 Å². The zero-order chi connectivity index (χ0) is 15.7.